The molecule has 148 valence electrons. The molecule has 2 aromatic carbocycles. The number of allylic oxidation sites excluding steroid dienone is 2. The first kappa shape index (κ1) is 19.5. The molecule has 0 saturated heterocycles. The molecule has 1 aliphatic carbocycles. The number of hydrogen-bond donors (Lipinski definition) is 1. The summed E-state index contributed by atoms with van der Waals surface area (Å²) in [5.74, 6) is -0.727. The first-order valence-electron chi connectivity index (χ1n) is 9.32. The number of hydrogen-bond acceptors (Lipinski definition) is 5. The van der Waals surface area contributed by atoms with E-state index in [4.69, 9.17) is 15.2 Å². The second kappa shape index (κ2) is 7.87. The van der Waals surface area contributed by atoms with Crippen LogP contribution in [0.4, 0.5) is 0 Å². The number of rotatable bonds is 3. The molecule has 0 unspecified atom stereocenters. The third kappa shape index (κ3) is 3.60. The maximum absolute atomic E-state index is 13.3. The lowest BCUT2D eigenvalue weighted by atomic mass is 9.73. The Bertz CT molecular complexity index is 1040. The summed E-state index contributed by atoms with van der Waals surface area (Å²) >= 11 is 3.47. The Morgan fingerprint density at radius 2 is 1.83 bits per heavy atom. The molecule has 1 heterocycles. The van der Waals surface area contributed by atoms with Crippen molar-refractivity contribution in [3.63, 3.8) is 0 Å². The number of esters is 1. The van der Waals surface area contributed by atoms with E-state index in [0.29, 0.717) is 24.2 Å². The predicted molar refractivity (Wildman–Crippen MR) is 112 cm³/mol. The van der Waals surface area contributed by atoms with Crippen LogP contribution in [0.15, 0.2) is 81.9 Å². The van der Waals surface area contributed by atoms with Gasteiger partial charge in [-0.25, -0.2) is 4.79 Å². The second-order valence-electron chi connectivity index (χ2n) is 7.14. The van der Waals surface area contributed by atoms with E-state index < -0.39 is 11.9 Å². The maximum atomic E-state index is 13.3. The minimum Gasteiger partial charge on any atom is -0.465 e. The number of ether oxygens (including phenoxy) is 2. The van der Waals surface area contributed by atoms with Crippen LogP contribution in [0.2, 0.25) is 0 Å². The Labute approximate surface area is 177 Å². The van der Waals surface area contributed by atoms with Crippen molar-refractivity contribution in [1.82, 2.24) is 0 Å². The number of halogens is 1. The fourth-order valence-electron chi connectivity index (χ4n) is 4.10. The van der Waals surface area contributed by atoms with E-state index in [9.17, 15) is 9.59 Å². The van der Waals surface area contributed by atoms with E-state index in [1.54, 1.807) is 0 Å². The molecule has 0 spiro atoms. The van der Waals surface area contributed by atoms with Gasteiger partial charge in [-0.15, -0.1) is 0 Å². The number of benzene rings is 2. The summed E-state index contributed by atoms with van der Waals surface area (Å²) < 4.78 is 11.6. The highest BCUT2D eigenvalue weighted by Crippen LogP contribution is 2.47. The van der Waals surface area contributed by atoms with Crippen molar-refractivity contribution >= 4 is 27.7 Å². The zero-order chi connectivity index (χ0) is 20.5. The lowest BCUT2D eigenvalue weighted by Gasteiger charge is -2.35. The van der Waals surface area contributed by atoms with E-state index in [-0.39, 0.29) is 23.2 Å². The van der Waals surface area contributed by atoms with Gasteiger partial charge in [0, 0.05) is 22.9 Å². The van der Waals surface area contributed by atoms with Crippen molar-refractivity contribution in [2.45, 2.75) is 24.7 Å². The monoisotopic (exact) mass is 453 g/mol. The van der Waals surface area contributed by atoms with Gasteiger partial charge in [0.25, 0.3) is 0 Å². The fourth-order valence-corrected chi connectivity index (χ4v) is 4.51. The molecule has 0 saturated carbocycles. The van der Waals surface area contributed by atoms with Gasteiger partial charge in [0.05, 0.1) is 13.0 Å². The Morgan fingerprint density at radius 3 is 2.52 bits per heavy atom. The van der Waals surface area contributed by atoms with Crippen LogP contribution in [0, 0.1) is 0 Å². The Morgan fingerprint density at radius 1 is 1.10 bits per heavy atom. The van der Waals surface area contributed by atoms with Crippen molar-refractivity contribution in [1.29, 1.82) is 0 Å². The molecule has 2 N–H and O–H groups in total. The zero-order valence-corrected chi connectivity index (χ0v) is 17.4. The van der Waals surface area contributed by atoms with Crippen molar-refractivity contribution < 1.29 is 19.1 Å². The first-order chi connectivity index (χ1) is 14.0. The zero-order valence-electron chi connectivity index (χ0n) is 15.9. The minimum atomic E-state index is -0.618. The van der Waals surface area contributed by atoms with Gasteiger partial charge in [0.1, 0.15) is 11.3 Å². The summed E-state index contributed by atoms with van der Waals surface area (Å²) in [6.07, 6.45) is 0.899. The molecule has 2 aromatic rings. The largest absolute Gasteiger partial charge is 0.465 e. The molecule has 5 nitrogen and oxygen atoms in total. The third-order valence-corrected chi connectivity index (χ3v) is 5.89. The van der Waals surface area contributed by atoms with Gasteiger partial charge >= 0.3 is 5.97 Å². The normalized spacial score (nSPS) is 21.5. The van der Waals surface area contributed by atoms with Gasteiger partial charge in [0.2, 0.25) is 5.88 Å². The number of carbonyl (C=O) groups excluding carboxylic acids is 2. The molecule has 6 heteroatoms. The lowest BCUT2D eigenvalue weighted by molar-refractivity contribution is -0.136. The van der Waals surface area contributed by atoms with E-state index in [0.717, 1.165) is 15.6 Å². The molecule has 0 aromatic heterocycles. The van der Waals surface area contributed by atoms with E-state index >= 15 is 0 Å². The molecule has 0 radical (unpaired) electrons. The van der Waals surface area contributed by atoms with Gasteiger partial charge in [-0.05, 0) is 29.2 Å². The van der Waals surface area contributed by atoms with Crippen LogP contribution in [-0.4, -0.2) is 18.9 Å². The number of carbonyl (C=O) groups is 2. The van der Waals surface area contributed by atoms with Crippen LogP contribution in [0.3, 0.4) is 0 Å². The lowest BCUT2D eigenvalue weighted by Crippen LogP contribution is -2.32. The quantitative estimate of drug-likeness (QED) is 0.700. The van der Waals surface area contributed by atoms with Gasteiger partial charge in [0.15, 0.2) is 5.78 Å². The highest BCUT2D eigenvalue weighted by molar-refractivity contribution is 9.10. The molecule has 0 fully saturated rings. The Balaban J connectivity index is 1.82. The summed E-state index contributed by atoms with van der Waals surface area (Å²) in [6, 6.07) is 17.4. The maximum Gasteiger partial charge on any atom is 0.340 e. The van der Waals surface area contributed by atoms with Crippen molar-refractivity contribution in [3.05, 3.63) is 93.0 Å². The summed E-state index contributed by atoms with van der Waals surface area (Å²) in [4.78, 5) is 25.8. The van der Waals surface area contributed by atoms with Gasteiger partial charge in [-0.3, -0.25) is 4.79 Å². The van der Waals surface area contributed by atoms with Crippen molar-refractivity contribution in [2.24, 2.45) is 5.73 Å². The second-order valence-corrected chi connectivity index (χ2v) is 8.05. The summed E-state index contributed by atoms with van der Waals surface area (Å²) in [7, 11) is 1.29. The number of ketones is 1. The minimum absolute atomic E-state index is 0.0120. The van der Waals surface area contributed by atoms with Crippen LogP contribution in [0.5, 0.6) is 0 Å². The van der Waals surface area contributed by atoms with Gasteiger partial charge < -0.3 is 15.2 Å². The van der Waals surface area contributed by atoms with Crippen LogP contribution >= 0.6 is 15.9 Å². The Kier molecular flexibility index (Phi) is 5.28. The van der Waals surface area contributed by atoms with Crippen molar-refractivity contribution in [2.75, 3.05) is 7.11 Å². The molecule has 2 atom stereocenters. The van der Waals surface area contributed by atoms with Crippen LogP contribution in [0.1, 0.15) is 35.8 Å². The van der Waals surface area contributed by atoms with Crippen LogP contribution < -0.4 is 5.73 Å². The molecule has 1 aliphatic heterocycles. The molecule has 0 amide bonds. The molecule has 0 bridgehead atoms. The van der Waals surface area contributed by atoms with E-state index in [1.165, 1.54) is 7.11 Å². The first-order valence-corrected chi connectivity index (χ1v) is 10.1. The van der Waals surface area contributed by atoms with Crippen LogP contribution in [-0.2, 0) is 19.1 Å². The van der Waals surface area contributed by atoms with Crippen LogP contribution in [0.25, 0.3) is 0 Å². The molecule has 29 heavy (non-hydrogen) atoms. The SMILES string of the molecule is COC(=O)C1=C(N)OC2=C(C(=O)C[C@H](c3ccccc3)C2)[C@@H]1c1cccc(Br)c1. The summed E-state index contributed by atoms with van der Waals surface area (Å²) in [6.45, 7) is 0. The number of methoxy groups -OCH3 is 1. The highest BCUT2D eigenvalue weighted by atomic mass is 79.9. The molecule has 4 rings (SSSR count). The summed E-state index contributed by atoms with van der Waals surface area (Å²) in [5, 5.41) is 0. The molecular weight excluding hydrogens is 434 g/mol. The summed E-state index contributed by atoms with van der Waals surface area (Å²) in [5.41, 5.74) is 8.67. The smallest absolute Gasteiger partial charge is 0.340 e. The number of nitrogens with two attached hydrogens (primary N) is 1. The average molecular weight is 454 g/mol. The molecule has 2 aliphatic rings. The van der Waals surface area contributed by atoms with Gasteiger partial charge in [-0.2, -0.15) is 0 Å². The third-order valence-electron chi connectivity index (χ3n) is 5.40. The predicted octanol–water partition coefficient (Wildman–Crippen LogP) is 4.31. The topological polar surface area (TPSA) is 78.6 Å². The van der Waals surface area contributed by atoms with Crippen molar-refractivity contribution in [3.8, 4) is 0 Å². The highest BCUT2D eigenvalue weighted by Gasteiger charge is 2.43. The standard InChI is InChI=1S/C23H20BrNO4/c1-28-23(27)21-19(14-8-5-9-16(24)10-14)20-17(26)11-15(12-18(20)29-22(21)25)13-6-3-2-4-7-13/h2-10,15,19H,11-12,25H2,1H3/t15-,19-/m0/s1. The average Bonchev–Trinajstić information content (AvgIpc) is 2.72. The fraction of sp³-hybridized carbons (Fsp3) is 0.217. The molecular formula is C23H20BrNO4. The van der Waals surface area contributed by atoms with E-state index in [2.05, 4.69) is 15.9 Å². The van der Waals surface area contributed by atoms with Gasteiger partial charge in [-0.1, -0.05) is 58.4 Å². The number of Topliss-reactive ketones (excluding diaryl/α,β-unsaturated/α-hetero) is 1. The Hall–Kier alpha value is -2.86. The van der Waals surface area contributed by atoms with E-state index in [1.807, 2.05) is 54.6 Å².